The van der Waals surface area contributed by atoms with E-state index in [2.05, 4.69) is 6.92 Å². The maximum Gasteiger partial charge on any atom is 0.338 e. The number of anilines is 2. The number of nitrogens with two attached hydrogens (primary N) is 2. The third-order valence-corrected chi connectivity index (χ3v) is 8.42. The molecule has 0 atom stereocenters. The van der Waals surface area contributed by atoms with Crippen LogP contribution in [0.1, 0.15) is 94.3 Å². The second-order valence-corrected chi connectivity index (χ2v) is 10.5. The number of hydrogen-bond acceptors (Lipinski definition) is 4. The summed E-state index contributed by atoms with van der Waals surface area (Å²) >= 11 is 0. The van der Waals surface area contributed by atoms with E-state index in [4.69, 9.17) is 16.2 Å². The van der Waals surface area contributed by atoms with Gasteiger partial charge >= 0.3 is 5.97 Å². The molecule has 0 amide bonds. The van der Waals surface area contributed by atoms with Crippen molar-refractivity contribution in [2.24, 2.45) is 29.6 Å². The first-order chi connectivity index (χ1) is 14.5. The number of rotatable bonds is 4. The smallest absolute Gasteiger partial charge is 0.338 e. The van der Waals surface area contributed by atoms with E-state index in [1.54, 1.807) is 18.2 Å². The normalized spacial score (nSPS) is 35.0. The highest BCUT2D eigenvalue weighted by Crippen LogP contribution is 2.45. The van der Waals surface area contributed by atoms with Crippen molar-refractivity contribution in [2.45, 2.75) is 90.1 Å². The zero-order valence-corrected chi connectivity index (χ0v) is 18.7. The van der Waals surface area contributed by atoms with Gasteiger partial charge in [0, 0.05) is 11.4 Å². The highest BCUT2D eigenvalue weighted by atomic mass is 16.5. The fourth-order valence-corrected chi connectivity index (χ4v) is 6.54. The maximum atomic E-state index is 12.5. The molecule has 4 heteroatoms. The Bertz CT molecular complexity index is 689. The van der Waals surface area contributed by atoms with Gasteiger partial charge in [0.25, 0.3) is 0 Å². The minimum Gasteiger partial charge on any atom is -0.459 e. The Morgan fingerprint density at radius 3 is 1.57 bits per heavy atom. The number of esters is 1. The number of ether oxygens (including phenoxy) is 1. The van der Waals surface area contributed by atoms with Crippen LogP contribution < -0.4 is 11.5 Å². The molecule has 0 bridgehead atoms. The first kappa shape index (κ1) is 21.5. The van der Waals surface area contributed by atoms with Gasteiger partial charge in [0.2, 0.25) is 0 Å². The highest BCUT2D eigenvalue weighted by molar-refractivity contribution is 5.91. The summed E-state index contributed by atoms with van der Waals surface area (Å²) < 4.78 is 5.78. The Kier molecular flexibility index (Phi) is 6.90. The summed E-state index contributed by atoms with van der Waals surface area (Å²) in [6.45, 7) is 2.42. The van der Waals surface area contributed by atoms with Crippen LogP contribution in [0.15, 0.2) is 18.2 Å². The molecule has 0 spiro atoms. The topological polar surface area (TPSA) is 78.3 Å². The lowest BCUT2D eigenvalue weighted by Crippen LogP contribution is -2.31. The fraction of sp³-hybridized carbons (Fsp3) is 0.731. The minimum atomic E-state index is -0.292. The number of benzene rings is 1. The lowest BCUT2D eigenvalue weighted by Gasteiger charge is -2.41. The van der Waals surface area contributed by atoms with Crippen LogP contribution in [0.5, 0.6) is 0 Å². The number of hydrogen-bond donors (Lipinski definition) is 2. The minimum absolute atomic E-state index is 0.0389. The summed E-state index contributed by atoms with van der Waals surface area (Å²) in [4.78, 5) is 12.5. The van der Waals surface area contributed by atoms with Gasteiger partial charge in [-0.2, -0.15) is 0 Å². The number of carbonyl (C=O) groups excluding carboxylic acids is 1. The van der Waals surface area contributed by atoms with E-state index in [1.807, 2.05) is 0 Å². The average Bonchev–Trinajstić information content (AvgIpc) is 2.74. The van der Waals surface area contributed by atoms with Gasteiger partial charge < -0.3 is 16.2 Å². The van der Waals surface area contributed by atoms with Crippen molar-refractivity contribution in [1.29, 1.82) is 0 Å². The van der Waals surface area contributed by atoms with Crippen molar-refractivity contribution < 1.29 is 9.53 Å². The molecular weight excluding hydrogens is 372 g/mol. The molecule has 0 radical (unpaired) electrons. The van der Waals surface area contributed by atoms with Crippen molar-refractivity contribution in [1.82, 2.24) is 0 Å². The van der Waals surface area contributed by atoms with Crippen LogP contribution in [0.2, 0.25) is 0 Å². The number of carbonyl (C=O) groups is 1. The van der Waals surface area contributed by atoms with Gasteiger partial charge in [-0.1, -0.05) is 19.8 Å². The Hall–Kier alpha value is -1.71. The van der Waals surface area contributed by atoms with Gasteiger partial charge in [0.05, 0.1) is 5.56 Å². The first-order valence-electron chi connectivity index (χ1n) is 12.3. The molecule has 0 aromatic heterocycles. The molecule has 0 unspecified atom stereocenters. The van der Waals surface area contributed by atoms with Crippen LogP contribution in [0.25, 0.3) is 0 Å². The maximum absolute atomic E-state index is 12.5. The van der Waals surface area contributed by atoms with E-state index in [9.17, 15) is 4.79 Å². The zero-order chi connectivity index (χ0) is 21.1. The molecule has 0 saturated heterocycles. The summed E-state index contributed by atoms with van der Waals surface area (Å²) in [5.74, 6) is 4.40. The summed E-state index contributed by atoms with van der Waals surface area (Å²) in [6.07, 6.45) is 16.1. The molecule has 1 aromatic carbocycles. The Morgan fingerprint density at radius 2 is 1.10 bits per heavy atom. The third kappa shape index (κ3) is 5.31. The largest absolute Gasteiger partial charge is 0.459 e. The summed E-state index contributed by atoms with van der Waals surface area (Å²) in [5, 5.41) is 0. The van der Waals surface area contributed by atoms with E-state index < -0.39 is 0 Å². The summed E-state index contributed by atoms with van der Waals surface area (Å²) in [7, 11) is 0. The van der Waals surface area contributed by atoms with Crippen molar-refractivity contribution in [3.8, 4) is 0 Å². The molecule has 30 heavy (non-hydrogen) atoms. The molecule has 4 nitrogen and oxygen atoms in total. The van der Waals surface area contributed by atoms with E-state index in [0.29, 0.717) is 16.9 Å². The predicted octanol–water partition coefficient (Wildman–Crippen LogP) is 6.20. The molecule has 0 aliphatic heterocycles. The molecule has 4 N–H and O–H groups in total. The summed E-state index contributed by atoms with van der Waals surface area (Å²) in [5.41, 5.74) is 13.1. The van der Waals surface area contributed by atoms with E-state index in [-0.39, 0.29) is 12.1 Å². The fourth-order valence-electron chi connectivity index (χ4n) is 6.54. The van der Waals surface area contributed by atoms with Crippen LogP contribution in [-0.2, 0) is 4.74 Å². The van der Waals surface area contributed by atoms with Gasteiger partial charge in [0.15, 0.2) is 0 Å². The Balaban J connectivity index is 1.20. The van der Waals surface area contributed by atoms with E-state index in [1.165, 1.54) is 64.2 Å². The van der Waals surface area contributed by atoms with Gasteiger partial charge in [-0.15, -0.1) is 0 Å². The molecular formula is C26H40N2O2. The summed E-state index contributed by atoms with van der Waals surface area (Å²) in [6, 6.07) is 4.96. The molecule has 3 aliphatic rings. The van der Waals surface area contributed by atoms with E-state index >= 15 is 0 Å². The van der Waals surface area contributed by atoms with Crippen molar-refractivity contribution in [3.05, 3.63) is 23.8 Å². The van der Waals surface area contributed by atoms with Crippen molar-refractivity contribution in [2.75, 3.05) is 11.5 Å². The predicted molar refractivity (Wildman–Crippen MR) is 123 cm³/mol. The molecule has 3 aliphatic carbocycles. The number of nitrogen functional groups attached to an aromatic ring is 2. The molecule has 1 aromatic rings. The second-order valence-electron chi connectivity index (χ2n) is 10.5. The highest BCUT2D eigenvalue weighted by Gasteiger charge is 2.34. The van der Waals surface area contributed by atoms with Crippen LogP contribution in [-0.4, -0.2) is 12.1 Å². The van der Waals surface area contributed by atoms with Crippen molar-refractivity contribution >= 4 is 17.3 Å². The van der Waals surface area contributed by atoms with E-state index in [0.717, 1.165) is 42.4 Å². The molecule has 4 rings (SSSR count). The van der Waals surface area contributed by atoms with Gasteiger partial charge in [-0.3, -0.25) is 0 Å². The quantitative estimate of drug-likeness (QED) is 0.456. The lowest BCUT2D eigenvalue weighted by molar-refractivity contribution is 0.0100. The van der Waals surface area contributed by atoms with Crippen LogP contribution in [0, 0.1) is 29.6 Å². The Morgan fingerprint density at radius 1 is 0.700 bits per heavy atom. The standard InChI is InChI=1S/C26H40N2O2/c1-17-2-4-18(5-3-17)19-6-8-20(9-7-19)21-10-12-25(13-11-21)30-26(29)22-14-23(27)16-24(28)15-22/h14-21,25H,2-13,27-28H2,1H3. The van der Waals surface area contributed by atoms with Crippen LogP contribution in [0.3, 0.4) is 0 Å². The second kappa shape index (κ2) is 9.62. The molecule has 3 fully saturated rings. The van der Waals surface area contributed by atoms with Gasteiger partial charge in [-0.05, 0) is 112 Å². The SMILES string of the molecule is CC1CCC(C2CCC(C3CCC(OC(=O)c4cc(N)cc(N)c4)CC3)CC2)CC1. The van der Waals surface area contributed by atoms with Crippen molar-refractivity contribution in [3.63, 3.8) is 0 Å². The van der Waals surface area contributed by atoms with Crippen LogP contribution >= 0.6 is 0 Å². The molecule has 3 saturated carbocycles. The molecule has 166 valence electrons. The van der Waals surface area contributed by atoms with Crippen LogP contribution in [0.4, 0.5) is 11.4 Å². The van der Waals surface area contributed by atoms with Gasteiger partial charge in [-0.25, -0.2) is 4.79 Å². The zero-order valence-electron chi connectivity index (χ0n) is 18.7. The monoisotopic (exact) mass is 412 g/mol. The first-order valence-corrected chi connectivity index (χ1v) is 12.3. The average molecular weight is 413 g/mol. The van der Waals surface area contributed by atoms with Gasteiger partial charge in [0.1, 0.15) is 6.10 Å². The third-order valence-electron chi connectivity index (χ3n) is 8.42. The lowest BCUT2D eigenvalue weighted by atomic mass is 9.65. The Labute approximate surface area is 182 Å². The molecule has 0 heterocycles.